The summed E-state index contributed by atoms with van der Waals surface area (Å²) in [6.45, 7) is 7.84. The van der Waals surface area contributed by atoms with Gasteiger partial charge >= 0.3 is 0 Å². The van der Waals surface area contributed by atoms with Crippen LogP contribution in [0.5, 0.6) is 0 Å². The summed E-state index contributed by atoms with van der Waals surface area (Å²) in [7, 11) is -2.12. The number of halogens is 1. The Kier molecular flexibility index (Phi) is 9.84. The van der Waals surface area contributed by atoms with E-state index >= 15 is 0 Å². The number of amides is 2. The van der Waals surface area contributed by atoms with E-state index in [1.54, 1.807) is 42.2 Å². The number of nitrogens with zero attached hydrogens (tertiary/aromatic N) is 2. The van der Waals surface area contributed by atoms with Gasteiger partial charge in [0.2, 0.25) is 21.8 Å². The molecule has 0 radical (unpaired) electrons. The number of hydrogen-bond acceptors (Lipinski definition) is 4. The van der Waals surface area contributed by atoms with Gasteiger partial charge in [0.05, 0.1) is 4.90 Å². The fourth-order valence-corrected chi connectivity index (χ4v) is 5.05. The zero-order chi connectivity index (χ0) is 25.5. The van der Waals surface area contributed by atoms with Gasteiger partial charge in [-0.1, -0.05) is 46.3 Å². The summed E-state index contributed by atoms with van der Waals surface area (Å²) in [5.41, 5.74) is 0.464. The van der Waals surface area contributed by atoms with E-state index in [-0.39, 0.29) is 36.2 Å². The summed E-state index contributed by atoms with van der Waals surface area (Å²) >= 11 is 3.45. The van der Waals surface area contributed by atoms with Crippen LogP contribution in [0.25, 0.3) is 0 Å². The van der Waals surface area contributed by atoms with Gasteiger partial charge in [-0.25, -0.2) is 12.7 Å². The first-order chi connectivity index (χ1) is 15.8. The molecule has 0 heterocycles. The van der Waals surface area contributed by atoms with E-state index in [0.717, 1.165) is 10.0 Å². The lowest BCUT2D eigenvalue weighted by molar-refractivity contribution is -0.141. The minimum Gasteiger partial charge on any atom is -0.350 e. The third-order valence-corrected chi connectivity index (χ3v) is 7.59. The van der Waals surface area contributed by atoms with Crippen LogP contribution in [-0.4, -0.2) is 54.6 Å². The molecule has 0 aliphatic heterocycles. The number of hydrogen-bond donors (Lipinski definition) is 1. The predicted molar refractivity (Wildman–Crippen MR) is 138 cm³/mol. The Bertz CT molecular complexity index is 1080. The molecular formula is C25H34BrN3O4S. The van der Waals surface area contributed by atoms with Gasteiger partial charge in [-0.15, -0.1) is 0 Å². The van der Waals surface area contributed by atoms with E-state index in [0.29, 0.717) is 6.42 Å². The van der Waals surface area contributed by atoms with E-state index in [1.165, 1.54) is 11.4 Å². The van der Waals surface area contributed by atoms with Crippen LogP contribution in [0.4, 0.5) is 0 Å². The van der Waals surface area contributed by atoms with Crippen LogP contribution in [0.2, 0.25) is 0 Å². The van der Waals surface area contributed by atoms with Crippen LogP contribution in [0.3, 0.4) is 0 Å². The van der Waals surface area contributed by atoms with Crippen molar-refractivity contribution in [3.05, 3.63) is 64.6 Å². The van der Waals surface area contributed by atoms with Crippen LogP contribution in [0, 0.1) is 0 Å². The Balaban J connectivity index is 2.10. The molecule has 1 N–H and O–H groups in total. The van der Waals surface area contributed by atoms with Gasteiger partial charge in [0, 0.05) is 36.6 Å². The molecule has 0 aliphatic carbocycles. The summed E-state index contributed by atoms with van der Waals surface area (Å²) in [4.78, 5) is 27.8. The molecule has 2 amide bonds. The Morgan fingerprint density at radius 2 is 1.71 bits per heavy atom. The Morgan fingerprint density at radius 3 is 2.29 bits per heavy atom. The Hall–Kier alpha value is -2.23. The van der Waals surface area contributed by atoms with Crippen LogP contribution < -0.4 is 5.32 Å². The summed E-state index contributed by atoms with van der Waals surface area (Å²) in [6.07, 6.45) is 0.458. The fraction of sp³-hybridized carbons (Fsp3) is 0.440. The zero-order valence-electron chi connectivity index (χ0n) is 20.4. The van der Waals surface area contributed by atoms with Crippen molar-refractivity contribution < 1.29 is 18.0 Å². The van der Waals surface area contributed by atoms with Gasteiger partial charge in [0.15, 0.2) is 0 Å². The van der Waals surface area contributed by atoms with Crippen molar-refractivity contribution in [1.82, 2.24) is 14.5 Å². The van der Waals surface area contributed by atoms with Crippen molar-refractivity contribution in [3.63, 3.8) is 0 Å². The van der Waals surface area contributed by atoms with E-state index in [4.69, 9.17) is 0 Å². The number of carbonyl (C=O) groups is 2. The quantitative estimate of drug-likeness (QED) is 0.479. The minimum atomic E-state index is -3.62. The van der Waals surface area contributed by atoms with Crippen molar-refractivity contribution in [2.45, 2.75) is 63.6 Å². The number of sulfonamides is 1. The van der Waals surface area contributed by atoms with Crippen molar-refractivity contribution in [2.24, 2.45) is 0 Å². The molecule has 0 saturated carbocycles. The number of carbonyl (C=O) groups excluding carboxylic acids is 2. The molecule has 2 aromatic carbocycles. The molecule has 2 rings (SSSR count). The molecular weight excluding hydrogens is 518 g/mol. The second-order valence-electron chi connectivity index (χ2n) is 9.31. The number of rotatable bonds is 10. The molecule has 1 atom stereocenters. The molecule has 0 spiro atoms. The highest BCUT2D eigenvalue weighted by Gasteiger charge is 2.28. The van der Waals surface area contributed by atoms with Crippen molar-refractivity contribution in [2.75, 3.05) is 13.6 Å². The molecule has 2 aromatic rings. The molecule has 9 heteroatoms. The Morgan fingerprint density at radius 1 is 1.06 bits per heavy atom. The average molecular weight is 553 g/mol. The highest BCUT2D eigenvalue weighted by Crippen LogP contribution is 2.18. The van der Waals surface area contributed by atoms with Crippen LogP contribution in [0.1, 0.15) is 46.1 Å². The molecule has 34 heavy (non-hydrogen) atoms. The predicted octanol–water partition coefficient (Wildman–Crippen LogP) is 4.18. The Labute approximate surface area is 211 Å². The van der Waals surface area contributed by atoms with E-state index in [2.05, 4.69) is 21.2 Å². The third kappa shape index (κ3) is 8.21. The highest BCUT2D eigenvalue weighted by molar-refractivity contribution is 9.10. The summed E-state index contributed by atoms with van der Waals surface area (Å²) < 4.78 is 27.6. The first-order valence-electron chi connectivity index (χ1n) is 11.2. The molecule has 7 nitrogen and oxygen atoms in total. The van der Waals surface area contributed by atoms with E-state index in [9.17, 15) is 18.0 Å². The van der Waals surface area contributed by atoms with Gasteiger partial charge in [-0.05, 0) is 63.9 Å². The van der Waals surface area contributed by atoms with Gasteiger partial charge < -0.3 is 10.2 Å². The summed E-state index contributed by atoms with van der Waals surface area (Å²) in [5, 5.41) is 2.93. The summed E-state index contributed by atoms with van der Waals surface area (Å²) in [5.74, 6) is -0.443. The lowest BCUT2D eigenvalue weighted by atomic mass is 10.1. The molecule has 0 saturated heterocycles. The lowest BCUT2D eigenvalue weighted by Gasteiger charge is -2.31. The molecule has 0 bridgehead atoms. The fourth-order valence-electron chi connectivity index (χ4n) is 3.38. The average Bonchev–Trinajstić information content (AvgIpc) is 2.76. The van der Waals surface area contributed by atoms with Crippen molar-refractivity contribution in [3.8, 4) is 0 Å². The monoisotopic (exact) mass is 551 g/mol. The minimum absolute atomic E-state index is 0.121. The van der Waals surface area contributed by atoms with Gasteiger partial charge in [0.1, 0.15) is 6.04 Å². The maximum absolute atomic E-state index is 13.2. The lowest BCUT2D eigenvalue weighted by Crippen LogP contribution is -2.52. The van der Waals surface area contributed by atoms with Crippen molar-refractivity contribution >= 4 is 37.8 Å². The molecule has 0 aromatic heterocycles. The van der Waals surface area contributed by atoms with Crippen molar-refractivity contribution in [1.29, 1.82) is 0 Å². The van der Waals surface area contributed by atoms with Crippen LogP contribution >= 0.6 is 15.9 Å². The number of benzene rings is 2. The zero-order valence-corrected chi connectivity index (χ0v) is 22.8. The molecule has 0 aliphatic rings. The first kappa shape index (κ1) is 28.0. The van der Waals surface area contributed by atoms with Gasteiger partial charge in [-0.2, -0.15) is 0 Å². The maximum Gasteiger partial charge on any atom is 0.242 e. The van der Waals surface area contributed by atoms with Crippen LogP contribution in [0.15, 0.2) is 64.0 Å². The number of nitrogens with one attached hydrogen (secondary N) is 1. The summed E-state index contributed by atoms with van der Waals surface area (Å²) in [6, 6.07) is 15.1. The second-order valence-corrected chi connectivity index (χ2v) is 12.3. The molecule has 186 valence electrons. The SMILES string of the molecule is C[C@@H](C(=O)NC(C)(C)C)N(Cc1cccc(Br)c1)C(=O)CCCN(C)S(=O)(=O)c1ccccc1. The first-order valence-corrected chi connectivity index (χ1v) is 13.4. The standard InChI is InChI=1S/C25H34BrN3O4S/c1-19(24(31)27-25(2,3)4)29(18-20-11-9-12-21(26)17-20)23(30)15-10-16-28(5)34(32,33)22-13-7-6-8-14-22/h6-9,11-14,17,19H,10,15-16,18H2,1-5H3,(H,27,31)/t19-/m0/s1. The highest BCUT2D eigenvalue weighted by atomic mass is 79.9. The normalized spacial score (nSPS) is 12.9. The topological polar surface area (TPSA) is 86.8 Å². The maximum atomic E-state index is 13.2. The third-order valence-electron chi connectivity index (χ3n) is 5.22. The van der Waals surface area contributed by atoms with Gasteiger partial charge in [-0.3, -0.25) is 9.59 Å². The van der Waals surface area contributed by atoms with E-state index in [1.807, 2.05) is 45.0 Å². The smallest absolute Gasteiger partial charge is 0.242 e. The molecule has 0 fully saturated rings. The largest absolute Gasteiger partial charge is 0.350 e. The second kappa shape index (κ2) is 12.0. The van der Waals surface area contributed by atoms with Crippen LogP contribution in [-0.2, 0) is 26.2 Å². The molecule has 0 unspecified atom stereocenters. The van der Waals surface area contributed by atoms with E-state index < -0.39 is 21.6 Å². The van der Waals surface area contributed by atoms with Gasteiger partial charge in [0.25, 0.3) is 0 Å².